The van der Waals surface area contributed by atoms with Gasteiger partial charge in [0.1, 0.15) is 0 Å². The summed E-state index contributed by atoms with van der Waals surface area (Å²) in [4.78, 5) is 31.2. The highest BCUT2D eigenvalue weighted by Crippen LogP contribution is 2.19. The van der Waals surface area contributed by atoms with Crippen LogP contribution in [0.4, 0.5) is 0 Å². The van der Waals surface area contributed by atoms with Crippen molar-refractivity contribution in [2.75, 3.05) is 6.54 Å². The molecule has 7 nitrogen and oxygen atoms in total. The zero-order valence-electron chi connectivity index (χ0n) is 8.81. The molecular weight excluding hydrogens is 206 g/mol. The minimum atomic E-state index is -1.79. The van der Waals surface area contributed by atoms with Gasteiger partial charge in [-0.2, -0.15) is 0 Å². The Labute approximate surface area is 86.5 Å². The molecular formula is C8H13NO6. The van der Waals surface area contributed by atoms with Crippen LogP contribution in [-0.2, 0) is 19.1 Å². The Kier molecular flexibility index (Phi) is 4.69. The van der Waals surface area contributed by atoms with Crippen LogP contribution in [0.1, 0.15) is 27.2 Å². The van der Waals surface area contributed by atoms with Gasteiger partial charge in [0.15, 0.2) is 0 Å². The van der Waals surface area contributed by atoms with E-state index in [2.05, 4.69) is 9.47 Å². The van der Waals surface area contributed by atoms with Crippen molar-refractivity contribution in [1.29, 1.82) is 0 Å². The fraction of sp³-hybridized carbons (Fsp3) is 0.750. The Morgan fingerprint density at radius 2 is 1.67 bits per heavy atom. The Hall–Kier alpha value is -1.66. The molecule has 0 aromatic heterocycles. The number of carbonyl (C=O) groups excluding carboxylic acids is 2. The van der Waals surface area contributed by atoms with Crippen LogP contribution in [0.5, 0.6) is 0 Å². The smallest absolute Gasteiger partial charge is 0.320 e. The lowest BCUT2D eigenvalue weighted by Crippen LogP contribution is -2.44. The van der Waals surface area contributed by atoms with Crippen molar-refractivity contribution in [1.82, 2.24) is 0 Å². The van der Waals surface area contributed by atoms with E-state index in [0.717, 1.165) is 13.8 Å². The van der Waals surface area contributed by atoms with Gasteiger partial charge in [0.25, 0.3) is 6.54 Å². The van der Waals surface area contributed by atoms with Gasteiger partial charge in [-0.1, -0.05) is 6.92 Å². The van der Waals surface area contributed by atoms with Crippen molar-refractivity contribution in [2.45, 2.75) is 33.0 Å². The van der Waals surface area contributed by atoms with Gasteiger partial charge in [0.05, 0.1) is 0 Å². The van der Waals surface area contributed by atoms with Crippen LogP contribution in [0.25, 0.3) is 0 Å². The molecule has 0 rings (SSSR count). The van der Waals surface area contributed by atoms with Crippen LogP contribution in [-0.4, -0.2) is 29.2 Å². The van der Waals surface area contributed by atoms with E-state index in [1.807, 2.05) is 0 Å². The van der Waals surface area contributed by atoms with Crippen LogP contribution < -0.4 is 0 Å². The van der Waals surface area contributed by atoms with E-state index >= 15 is 0 Å². The third-order valence-corrected chi connectivity index (χ3v) is 1.57. The summed E-state index contributed by atoms with van der Waals surface area (Å²) >= 11 is 0. The van der Waals surface area contributed by atoms with Crippen LogP contribution in [0, 0.1) is 10.1 Å². The summed E-state index contributed by atoms with van der Waals surface area (Å²) in [5.74, 6) is -3.26. The molecule has 0 aliphatic carbocycles. The number of hydrogen-bond donors (Lipinski definition) is 0. The minimum Gasteiger partial charge on any atom is -0.416 e. The molecule has 0 unspecified atom stereocenters. The SMILES string of the molecule is CCC(C[N+](=O)[O-])(OC(C)=O)OC(C)=O. The van der Waals surface area contributed by atoms with E-state index < -0.39 is 29.2 Å². The second kappa shape index (κ2) is 5.28. The maximum absolute atomic E-state index is 10.7. The van der Waals surface area contributed by atoms with Gasteiger partial charge in [-0.05, 0) is 0 Å². The highest BCUT2D eigenvalue weighted by molar-refractivity contribution is 5.68. The van der Waals surface area contributed by atoms with E-state index in [0.29, 0.717) is 0 Å². The van der Waals surface area contributed by atoms with Crippen LogP contribution >= 0.6 is 0 Å². The number of esters is 2. The van der Waals surface area contributed by atoms with Gasteiger partial charge < -0.3 is 9.47 Å². The largest absolute Gasteiger partial charge is 0.416 e. The summed E-state index contributed by atoms with van der Waals surface area (Å²) in [5, 5.41) is 10.4. The van der Waals surface area contributed by atoms with Crippen molar-refractivity contribution in [3.63, 3.8) is 0 Å². The third-order valence-electron chi connectivity index (χ3n) is 1.57. The number of nitrogens with zero attached hydrogens (tertiary/aromatic N) is 1. The summed E-state index contributed by atoms with van der Waals surface area (Å²) in [6, 6.07) is 0. The molecule has 15 heavy (non-hydrogen) atoms. The first-order chi connectivity index (χ1) is 6.81. The molecule has 0 saturated heterocycles. The molecule has 0 spiro atoms. The number of hydrogen-bond acceptors (Lipinski definition) is 6. The lowest BCUT2D eigenvalue weighted by atomic mass is 10.2. The minimum absolute atomic E-state index is 0.0210. The maximum Gasteiger partial charge on any atom is 0.320 e. The quantitative estimate of drug-likeness (QED) is 0.289. The fourth-order valence-corrected chi connectivity index (χ4v) is 1.06. The highest BCUT2D eigenvalue weighted by Gasteiger charge is 2.41. The summed E-state index contributed by atoms with van der Waals surface area (Å²) in [6.45, 7) is 2.94. The van der Waals surface area contributed by atoms with Crippen molar-refractivity contribution in [3.05, 3.63) is 10.1 Å². The molecule has 86 valence electrons. The van der Waals surface area contributed by atoms with Gasteiger partial charge in [0, 0.05) is 25.2 Å². The van der Waals surface area contributed by atoms with Crippen molar-refractivity contribution >= 4 is 11.9 Å². The molecule has 0 bridgehead atoms. The van der Waals surface area contributed by atoms with Gasteiger partial charge in [-0.3, -0.25) is 19.7 Å². The third kappa shape index (κ3) is 4.94. The zero-order valence-corrected chi connectivity index (χ0v) is 8.81. The summed E-state index contributed by atoms with van der Waals surface area (Å²) in [6.07, 6.45) is 0.0210. The zero-order chi connectivity index (χ0) is 12.1. The molecule has 0 aromatic rings. The molecule has 0 aliphatic rings. The normalized spacial score (nSPS) is 10.6. The average molecular weight is 219 g/mol. The Bertz CT molecular complexity index is 234. The van der Waals surface area contributed by atoms with Crippen molar-refractivity contribution in [2.24, 2.45) is 0 Å². The Morgan fingerprint density at radius 1 is 1.27 bits per heavy atom. The number of carbonyl (C=O) groups is 2. The topological polar surface area (TPSA) is 95.7 Å². The van der Waals surface area contributed by atoms with Crippen LogP contribution in [0.2, 0.25) is 0 Å². The van der Waals surface area contributed by atoms with E-state index in [1.54, 1.807) is 0 Å². The monoisotopic (exact) mass is 219 g/mol. The molecule has 0 atom stereocenters. The second-order valence-corrected chi connectivity index (χ2v) is 2.94. The fourth-order valence-electron chi connectivity index (χ4n) is 1.06. The highest BCUT2D eigenvalue weighted by atomic mass is 16.7. The molecule has 0 heterocycles. The average Bonchev–Trinajstić information content (AvgIpc) is 1.99. The van der Waals surface area contributed by atoms with E-state index in [1.165, 1.54) is 6.92 Å². The van der Waals surface area contributed by atoms with Gasteiger partial charge in [-0.25, -0.2) is 0 Å². The lowest BCUT2D eigenvalue weighted by molar-refractivity contribution is -0.516. The number of nitro groups is 1. The standard InChI is InChI=1S/C8H13NO6/c1-4-8(5-9(12)13,14-6(2)10)15-7(3)11/h4-5H2,1-3H3. The molecule has 0 amide bonds. The van der Waals surface area contributed by atoms with E-state index in [-0.39, 0.29) is 6.42 Å². The summed E-state index contributed by atoms with van der Waals surface area (Å²) in [5.41, 5.74) is 0. The van der Waals surface area contributed by atoms with Crippen molar-refractivity contribution in [3.8, 4) is 0 Å². The molecule has 0 N–H and O–H groups in total. The van der Waals surface area contributed by atoms with Gasteiger partial charge in [0.2, 0.25) is 0 Å². The maximum atomic E-state index is 10.7. The van der Waals surface area contributed by atoms with E-state index in [4.69, 9.17) is 0 Å². The second-order valence-electron chi connectivity index (χ2n) is 2.94. The Balaban J connectivity index is 4.81. The summed E-state index contributed by atoms with van der Waals surface area (Å²) < 4.78 is 9.37. The molecule has 0 aromatic carbocycles. The molecule has 7 heteroatoms. The molecule has 0 aliphatic heterocycles. The molecule has 0 saturated carbocycles. The Morgan fingerprint density at radius 3 is 1.87 bits per heavy atom. The predicted molar refractivity (Wildman–Crippen MR) is 48.4 cm³/mol. The van der Waals surface area contributed by atoms with Crippen LogP contribution in [0.3, 0.4) is 0 Å². The first kappa shape index (κ1) is 13.3. The van der Waals surface area contributed by atoms with Crippen molar-refractivity contribution < 1.29 is 24.0 Å². The number of ether oxygens (including phenoxy) is 2. The van der Waals surface area contributed by atoms with Crippen LogP contribution in [0.15, 0.2) is 0 Å². The van der Waals surface area contributed by atoms with Gasteiger partial charge >= 0.3 is 17.7 Å². The predicted octanol–water partition coefficient (Wildman–Crippen LogP) is 0.496. The molecule has 0 radical (unpaired) electrons. The summed E-state index contributed by atoms with van der Waals surface area (Å²) in [7, 11) is 0. The first-order valence-electron chi connectivity index (χ1n) is 4.32. The van der Waals surface area contributed by atoms with E-state index in [9.17, 15) is 19.7 Å². The van der Waals surface area contributed by atoms with Gasteiger partial charge in [-0.15, -0.1) is 0 Å². The first-order valence-corrected chi connectivity index (χ1v) is 4.32. The lowest BCUT2D eigenvalue weighted by Gasteiger charge is -2.26. The molecule has 0 fully saturated rings. The number of rotatable bonds is 5.